The van der Waals surface area contributed by atoms with Gasteiger partial charge in [-0.3, -0.25) is 9.69 Å². The minimum atomic E-state index is -1.22. The van der Waals surface area contributed by atoms with Crippen LogP contribution in [0.1, 0.15) is 45.5 Å². The van der Waals surface area contributed by atoms with E-state index >= 15 is 0 Å². The van der Waals surface area contributed by atoms with Crippen molar-refractivity contribution in [3.8, 4) is 17.6 Å². The Hall–Kier alpha value is -3.82. The molecule has 1 amide bonds. The van der Waals surface area contributed by atoms with Crippen LogP contribution in [0.25, 0.3) is 0 Å². The summed E-state index contributed by atoms with van der Waals surface area (Å²) in [4.78, 5) is 15.7. The van der Waals surface area contributed by atoms with Crippen LogP contribution in [-0.2, 0) is 16.7 Å². The molecule has 6 nitrogen and oxygen atoms in total. The highest BCUT2D eigenvalue weighted by Gasteiger charge is 2.57. The molecule has 0 aromatic heterocycles. The molecule has 2 bridgehead atoms. The van der Waals surface area contributed by atoms with Gasteiger partial charge in [-0.15, -0.1) is 0 Å². The standard InChI is InChI=1S/C27H22N2O4/c1-2-31-26-24-19-10-6-7-11-21(19)27(15-28,29(26)25(30)17-8-4-3-5-9-17)14-18-12-22-23(13-20(18)24)33-16-32-22/h3-13,24,26H,2,14,16H2,1H3. The Morgan fingerprint density at radius 2 is 1.82 bits per heavy atom. The van der Waals surface area contributed by atoms with Crippen LogP contribution in [0, 0.1) is 11.3 Å². The number of nitriles is 1. The van der Waals surface area contributed by atoms with Crippen LogP contribution in [0.5, 0.6) is 11.5 Å². The van der Waals surface area contributed by atoms with Gasteiger partial charge in [-0.1, -0.05) is 42.5 Å². The van der Waals surface area contributed by atoms with E-state index in [4.69, 9.17) is 14.2 Å². The number of carbonyl (C=O) groups excluding carboxylic acids is 1. The van der Waals surface area contributed by atoms with E-state index in [0.29, 0.717) is 30.1 Å². The predicted octanol–water partition coefficient (Wildman–Crippen LogP) is 4.34. The van der Waals surface area contributed by atoms with Gasteiger partial charge in [0.25, 0.3) is 5.91 Å². The molecule has 3 unspecified atom stereocenters. The summed E-state index contributed by atoms with van der Waals surface area (Å²) < 4.78 is 17.6. The lowest BCUT2D eigenvalue weighted by Gasteiger charge is -2.49. The molecule has 3 aliphatic heterocycles. The second-order valence-corrected chi connectivity index (χ2v) is 8.51. The van der Waals surface area contributed by atoms with Crippen LogP contribution in [-0.4, -0.2) is 30.4 Å². The van der Waals surface area contributed by atoms with E-state index in [-0.39, 0.29) is 18.6 Å². The van der Waals surface area contributed by atoms with Crippen molar-refractivity contribution in [1.82, 2.24) is 4.90 Å². The van der Waals surface area contributed by atoms with Gasteiger partial charge in [0, 0.05) is 18.6 Å². The van der Waals surface area contributed by atoms with Crippen LogP contribution in [0.2, 0.25) is 0 Å². The van der Waals surface area contributed by atoms with Crippen molar-refractivity contribution in [3.63, 3.8) is 0 Å². The van der Waals surface area contributed by atoms with Crippen LogP contribution in [0.4, 0.5) is 0 Å². The van der Waals surface area contributed by atoms with Gasteiger partial charge < -0.3 is 14.2 Å². The highest BCUT2D eigenvalue weighted by atomic mass is 16.7. The van der Waals surface area contributed by atoms with Crippen molar-refractivity contribution in [2.75, 3.05) is 13.4 Å². The van der Waals surface area contributed by atoms with Crippen molar-refractivity contribution in [3.05, 3.63) is 94.5 Å². The molecule has 0 N–H and O–H groups in total. The summed E-state index contributed by atoms with van der Waals surface area (Å²) in [6.07, 6.45) is -0.302. The largest absolute Gasteiger partial charge is 0.454 e. The SMILES string of the molecule is CCOC1C2c3cc4c(cc3CC(C#N)(c3ccccc32)N1C(=O)c1ccccc1)OCO4. The first-order valence-electron chi connectivity index (χ1n) is 11.1. The zero-order chi connectivity index (χ0) is 22.6. The fraction of sp³-hybridized carbons (Fsp3) is 0.259. The molecule has 3 aromatic rings. The summed E-state index contributed by atoms with van der Waals surface area (Å²) in [5.41, 5.74) is 3.13. The van der Waals surface area contributed by atoms with Gasteiger partial charge in [0.2, 0.25) is 6.79 Å². The van der Waals surface area contributed by atoms with Gasteiger partial charge in [0.15, 0.2) is 17.0 Å². The van der Waals surface area contributed by atoms with E-state index in [1.165, 1.54) is 0 Å². The fourth-order valence-corrected chi connectivity index (χ4v) is 5.52. The minimum Gasteiger partial charge on any atom is -0.454 e. The Morgan fingerprint density at radius 1 is 1.09 bits per heavy atom. The average molecular weight is 438 g/mol. The van der Waals surface area contributed by atoms with E-state index in [2.05, 4.69) is 6.07 Å². The summed E-state index contributed by atoms with van der Waals surface area (Å²) in [7, 11) is 0. The highest BCUT2D eigenvalue weighted by molar-refractivity contribution is 5.96. The summed E-state index contributed by atoms with van der Waals surface area (Å²) in [5.74, 6) is 0.866. The van der Waals surface area contributed by atoms with Crippen molar-refractivity contribution in [1.29, 1.82) is 5.26 Å². The Morgan fingerprint density at radius 3 is 2.58 bits per heavy atom. The van der Waals surface area contributed by atoms with Gasteiger partial charge in [-0.2, -0.15) is 5.26 Å². The molecule has 3 aromatic carbocycles. The van der Waals surface area contributed by atoms with Crippen LogP contribution in [0.3, 0.4) is 0 Å². The Balaban J connectivity index is 1.65. The quantitative estimate of drug-likeness (QED) is 0.608. The lowest BCUT2D eigenvalue weighted by molar-refractivity contribution is -0.0865. The molecule has 3 atom stereocenters. The second-order valence-electron chi connectivity index (χ2n) is 8.51. The van der Waals surface area contributed by atoms with Gasteiger partial charge in [0.05, 0.1) is 12.0 Å². The lowest BCUT2D eigenvalue weighted by Crippen LogP contribution is -2.59. The van der Waals surface area contributed by atoms with Crippen molar-refractivity contribution < 1.29 is 19.0 Å². The third-order valence-electron chi connectivity index (χ3n) is 6.87. The molecule has 6 heteroatoms. The first kappa shape index (κ1) is 19.8. The first-order valence-corrected chi connectivity index (χ1v) is 11.1. The fourth-order valence-electron chi connectivity index (χ4n) is 5.52. The number of rotatable bonds is 3. The van der Waals surface area contributed by atoms with E-state index < -0.39 is 11.8 Å². The molecular weight excluding hydrogens is 416 g/mol. The average Bonchev–Trinajstić information content (AvgIpc) is 3.22. The molecule has 164 valence electrons. The van der Waals surface area contributed by atoms with Gasteiger partial charge in [0.1, 0.15) is 6.23 Å². The third kappa shape index (κ3) is 2.73. The molecule has 33 heavy (non-hydrogen) atoms. The van der Waals surface area contributed by atoms with Crippen molar-refractivity contribution in [2.45, 2.75) is 31.0 Å². The Bertz CT molecular complexity index is 1300. The third-order valence-corrected chi connectivity index (χ3v) is 6.87. The van der Waals surface area contributed by atoms with E-state index in [1.54, 1.807) is 17.0 Å². The minimum absolute atomic E-state index is 0.177. The highest BCUT2D eigenvalue weighted by Crippen LogP contribution is 2.54. The zero-order valence-electron chi connectivity index (χ0n) is 18.2. The maximum absolute atomic E-state index is 14.0. The number of fused-ring (bicyclic) bond motifs is 2. The summed E-state index contributed by atoms with van der Waals surface area (Å²) in [6.45, 7) is 2.49. The van der Waals surface area contributed by atoms with Crippen LogP contribution in [0.15, 0.2) is 66.7 Å². The van der Waals surface area contributed by atoms with Gasteiger partial charge >= 0.3 is 0 Å². The Labute approximate surface area is 191 Å². The molecule has 0 fully saturated rings. The molecule has 3 heterocycles. The van der Waals surface area contributed by atoms with Gasteiger partial charge in [-0.05, 0) is 53.4 Å². The predicted molar refractivity (Wildman–Crippen MR) is 120 cm³/mol. The maximum Gasteiger partial charge on any atom is 0.257 e. The normalized spacial score (nSPS) is 23.9. The first-order chi connectivity index (χ1) is 16.2. The number of benzene rings is 3. The van der Waals surface area contributed by atoms with E-state index in [9.17, 15) is 10.1 Å². The van der Waals surface area contributed by atoms with Crippen LogP contribution < -0.4 is 9.47 Å². The number of amides is 1. The van der Waals surface area contributed by atoms with Crippen molar-refractivity contribution in [2.24, 2.45) is 0 Å². The number of carbonyl (C=O) groups is 1. The molecule has 0 saturated heterocycles. The monoisotopic (exact) mass is 438 g/mol. The second kappa shape index (κ2) is 7.36. The molecule has 0 spiro atoms. The molecule has 0 radical (unpaired) electrons. The molecule has 0 saturated carbocycles. The molecule has 7 rings (SSSR count). The van der Waals surface area contributed by atoms with Crippen LogP contribution >= 0.6 is 0 Å². The Kier molecular flexibility index (Phi) is 4.42. The number of hydrogen-bond acceptors (Lipinski definition) is 5. The van der Waals surface area contributed by atoms with Crippen molar-refractivity contribution >= 4 is 5.91 Å². The zero-order valence-corrected chi connectivity index (χ0v) is 18.2. The number of hydrogen-bond donors (Lipinski definition) is 0. The lowest BCUT2D eigenvalue weighted by atomic mass is 9.76. The molecular formula is C27H22N2O4. The number of nitrogens with zero attached hydrogens (tertiary/aromatic N) is 2. The van der Waals surface area contributed by atoms with E-state index in [1.807, 2.05) is 61.5 Å². The smallest absolute Gasteiger partial charge is 0.257 e. The maximum atomic E-state index is 14.0. The topological polar surface area (TPSA) is 71.8 Å². The molecule has 4 aliphatic rings. The molecule has 1 aliphatic carbocycles. The summed E-state index contributed by atoms with van der Waals surface area (Å²) in [6, 6.07) is 23.5. The van der Waals surface area contributed by atoms with E-state index in [0.717, 1.165) is 22.3 Å². The summed E-state index contributed by atoms with van der Waals surface area (Å²) in [5, 5.41) is 10.8. The van der Waals surface area contributed by atoms with Gasteiger partial charge in [-0.25, -0.2) is 0 Å². The number of ether oxygens (including phenoxy) is 3. The summed E-state index contributed by atoms with van der Waals surface area (Å²) >= 11 is 0.